The Morgan fingerprint density at radius 1 is 0.453 bits per heavy atom. The lowest BCUT2D eigenvalue weighted by atomic mass is 9.67. The van der Waals surface area contributed by atoms with Gasteiger partial charge < -0.3 is 0 Å². The van der Waals surface area contributed by atoms with Crippen molar-refractivity contribution in [3.8, 4) is 0 Å². The Hall–Kier alpha value is -7.55. The summed E-state index contributed by atoms with van der Waals surface area (Å²) in [6.07, 6.45) is 0.930. The molecule has 11 aromatic carbocycles. The molecule has 0 spiro atoms. The van der Waals surface area contributed by atoms with Crippen LogP contribution < -0.4 is 0 Å². The van der Waals surface area contributed by atoms with Gasteiger partial charge >= 0.3 is 0 Å². The zero-order chi connectivity index (χ0) is 42.4. The van der Waals surface area contributed by atoms with E-state index in [0.717, 1.165) is 18.0 Å². The summed E-state index contributed by atoms with van der Waals surface area (Å²) >= 11 is 0. The highest BCUT2D eigenvalue weighted by Gasteiger charge is 2.48. The van der Waals surface area contributed by atoms with E-state index in [0.29, 0.717) is 0 Å². The average Bonchev–Trinajstić information content (AvgIpc) is 3.79. The second kappa shape index (κ2) is 13.0. The fraction of sp³-hybridized carbons (Fsp3) is 0.113. The maximum atomic E-state index is 6.04. The summed E-state index contributed by atoms with van der Waals surface area (Å²) in [6.45, 7) is 7.26. The molecule has 14 rings (SSSR count). The van der Waals surface area contributed by atoms with Crippen molar-refractivity contribution >= 4 is 109 Å². The first-order valence-electron chi connectivity index (χ1n) is 23.0. The van der Waals surface area contributed by atoms with Gasteiger partial charge in [-0.3, -0.25) is 4.57 Å². The van der Waals surface area contributed by atoms with Crippen LogP contribution in [0.25, 0.3) is 103 Å². The van der Waals surface area contributed by atoms with Crippen LogP contribution in [0.3, 0.4) is 0 Å². The number of aromatic nitrogens is 1. The molecule has 0 amide bonds. The second-order valence-electron chi connectivity index (χ2n) is 18.8. The lowest BCUT2D eigenvalue weighted by molar-refractivity contribution is 0.489. The molecule has 2 atom stereocenters. The van der Waals surface area contributed by atoms with E-state index in [2.05, 4.69) is 213 Å². The quantitative estimate of drug-likeness (QED) is 0.155. The number of nitrogens with zero attached hydrogens (tertiary/aromatic N) is 2. The summed E-state index contributed by atoms with van der Waals surface area (Å²) in [6, 6.07) is 70.9. The van der Waals surface area contributed by atoms with Crippen molar-refractivity contribution in [2.24, 2.45) is 10.9 Å². The van der Waals surface area contributed by atoms with E-state index in [1.807, 2.05) is 0 Å². The molecule has 302 valence electrons. The molecule has 0 saturated heterocycles. The Labute approximate surface area is 371 Å². The highest BCUT2D eigenvalue weighted by atomic mass is 15.1. The standard InChI is InChI=1S/C62H44N2/c1-4-39-56(38-29-30-47-42-21-8-7-19-40(42)41-20-10-12-25-46(41)51(47)34-38)59-60(50-27-15-16-28-53(50)62(59,2)3)63-61(39)64-54-32-31-49-45-24-11-9-22-43(45)44-23-13-14-26-48(44)57(49)58(54)52-33-36-17-5-6-18-37(36)35-55(52)64/h5-35,39,56H,4H2,1-3H3. The van der Waals surface area contributed by atoms with E-state index >= 15 is 0 Å². The van der Waals surface area contributed by atoms with Crippen molar-refractivity contribution < 1.29 is 0 Å². The first-order chi connectivity index (χ1) is 31.5. The second-order valence-corrected chi connectivity index (χ2v) is 18.8. The summed E-state index contributed by atoms with van der Waals surface area (Å²) in [5, 5.41) is 20.7. The molecule has 1 aliphatic heterocycles. The fourth-order valence-electron chi connectivity index (χ4n) is 12.6. The monoisotopic (exact) mass is 816 g/mol. The largest absolute Gasteiger partial charge is 0.297 e. The number of hydrogen-bond donors (Lipinski definition) is 0. The van der Waals surface area contributed by atoms with E-state index < -0.39 is 0 Å². The number of hydrogen-bond acceptors (Lipinski definition) is 1. The molecule has 1 aliphatic carbocycles. The third kappa shape index (κ3) is 4.67. The van der Waals surface area contributed by atoms with Crippen molar-refractivity contribution in [1.82, 2.24) is 4.57 Å². The molecular weight excluding hydrogens is 773 g/mol. The highest BCUT2D eigenvalue weighted by molar-refractivity contribution is 6.36. The van der Waals surface area contributed by atoms with Gasteiger partial charge in [0.25, 0.3) is 0 Å². The number of rotatable bonds is 2. The summed E-state index contributed by atoms with van der Waals surface area (Å²) in [4.78, 5) is 6.04. The molecule has 0 N–H and O–H groups in total. The minimum atomic E-state index is -0.216. The van der Waals surface area contributed by atoms with Gasteiger partial charge in [-0.25, -0.2) is 4.99 Å². The number of aliphatic imine (C=N–C) groups is 1. The molecule has 0 radical (unpaired) electrons. The molecule has 1 aromatic heterocycles. The number of fused-ring (bicyclic) bond motifs is 19. The predicted octanol–water partition coefficient (Wildman–Crippen LogP) is 16.6. The zero-order valence-corrected chi connectivity index (χ0v) is 36.2. The highest BCUT2D eigenvalue weighted by Crippen LogP contribution is 2.58. The maximum Gasteiger partial charge on any atom is 0.118 e. The lowest BCUT2D eigenvalue weighted by Gasteiger charge is -2.39. The smallest absolute Gasteiger partial charge is 0.118 e. The molecule has 2 aliphatic rings. The van der Waals surface area contributed by atoms with E-state index in [-0.39, 0.29) is 17.3 Å². The Morgan fingerprint density at radius 3 is 1.59 bits per heavy atom. The summed E-state index contributed by atoms with van der Waals surface area (Å²) in [5.74, 6) is 1.30. The third-order valence-corrected chi connectivity index (χ3v) is 15.4. The van der Waals surface area contributed by atoms with Crippen LogP contribution in [-0.2, 0) is 5.41 Å². The Morgan fingerprint density at radius 2 is 0.953 bits per heavy atom. The van der Waals surface area contributed by atoms with Crippen molar-refractivity contribution in [3.05, 3.63) is 210 Å². The van der Waals surface area contributed by atoms with Gasteiger partial charge in [0.05, 0.1) is 16.7 Å². The van der Waals surface area contributed by atoms with Crippen LogP contribution in [0.5, 0.6) is 0 Å². The Balaban J connectivity index is 1.12. The SMILES string of the molecule is CCC1C(n2c3cc4ccccc4cc3c3c4c5ccccc5c5ccccc5c4ccc32)=NC2=C(C1c1ccc3c4ccccc4c4ccccc4c3c1)C(C)(C)c1ccccc12. The molecule has 2 nitrogen and oxygen atoms in total. The van der Waals surface area contributed by atoms with Gasteiger partial charge in [-0.15, -0.1) is 0 Å². The molecule has 0 fully saturated rings. The van der Waals surface area contributed by atoms with E-state index in [9.17, 15) is 0 Å². The summed E-state index contributed by atoms with van der Waals surface area (Å²) < 4.78 is 2.59. The first kappa shape index (κ1) is 36.0. The Kier molecular flexibility index (Phi) is 7.31. The van der Waals surface area contributed by atoms with Crippen molar-refractivity contribution in [3.63, 3.8) is 0 Å². The molecule has 2 unspecified atom stereocenters. The summed E-state index contributed by atoms with van der Waals surface area (Å²) in [7, 11) is 0. The van der Waals surface area contributed by atoms with Crippen LogP contribution in [0.4, 0.5) is 0 Å². The Bertz CT molecular complexity index is 4030. The molecular formula is C62H44N2. The molecule has 64 heavy (non-hydrogen) atoms. The van der Waals surface area contributed by atoms with Gasteiger partial charge in [0.2, 0.25) is 0 Å². The lowest BCUT2D eigenvalue weighted by Crippen LogP contribution is -2.35. The van der Waals surface area contributed by atoms with Crippen molar-refractivity contribution in [2.45, 2.75) is 38.5 Å². The minimum absolute atomic E-state index is 0.0859. The van der Waals surface area contributed by atoms with Crippen LogP contribution in [0, 0.1) is 5.92 Å². The van der Waals surface area contributed by atoms with Crippen molar-refractivity contribution in [2.75, 3.05) is 0 Å². The van der Waals surface area contributed by atoms with Crippen LogP contribution in [0.2, 0.25) is 0 Å². The van der Waals surface area contributed by atoms with Crippen molar-refractivity contribution in [1.29, 1.82) is 0 Å². The van der Waals surface area contributed by atoms with Crippen LogP contribution in [-0.4, -0.2) is 10.4 Å². The van der Waals surface area contributed by atoms with Gasteiger partial charge in [-0.05, 0) is 117 Å². The van der Waals surface area contributed by atoms with Gasteiger partial charge in [-0.1, -0.05) is 185 Å². The molecule has 2 heteroatoms. The van der Waals surface area contributed by atoms with E-state index in [1.165, 1.54) is 119 Å². The van der Waals surface area contributed by atoms with E-state index in [1.54, 1.807) is 0 Å². The molecule has 0 saturated carbocycles. The van der Waals surface area contributed by atoms with Gasteiger partial charge in [0.1, 0.15) is 5.84 Å². The van der Waals surface area contributed by atoms with Gasteiger partial charge in [0.15, 0.2) is 0 Å². The van der Waals surface area contributed by atoms with Crippen LogP contribution in [0.1, 0.15) is 49.8 Å². The minimum Gasteiger partial charge on any atom is -0.297 e. The van der Waals surface area contributed by atoms with Gasteiger partial charge in [-0.2, -0.15) is 0 Å². The van der Waals surface area contributed by atoms with E-state index in [4.69, 9.17) is 4.99 Å². The van der Waals surface area contributed by atoms with Crippen LogP contribution >= 0.6 is 0 Å². The number of benzene rings is 11. The predicted molar refractivity (Wildman–Crippen MR) is 274 cm³/mol. The zero-order valence-electron chi connectivity index (χ0n) is 36.2. The van der Waals surface area contributed by atoms with Gasteiger partial charge in [0, 0.05) is 39.0 Å². The molecule has 12 aromatic rings. The third-order valence-electron chi connectivity index (χ3n) is 15.4. The average molecular weight is 817 g/mol. The van der Waals surface area contributed by atoms with Crippen LogP contribution in [0.15, 0.2) is 199 Å². The molecule has 2 heterocycles. The maximum absolute atomic E-state index is 6.04. The topological polar surface area (TPSA) is 17.3 Å². The molecule has 0 bridgehead atoms. The number of allylic oxidation sites excluding steroid dienone is 1. The fourth-order valence-corrected chi connectivity index (χ4v) is 12.6. The first-order valence-corrected chi connectivity index (χ1v) is 23.0. The normalized spacial score (nSPS) is 17.2. The summed E-state index contributed by atoms with van der Waals surface area (Å²) in [5.41, 5.74) is 8.75.